The van der Waals surface area contributed by atoms with Gasteiger partial charge in [0, 0.05) is 31.5 Å². The standard InChI is InChI=1S/C35H57N5O6/c1-10-14-23(28(42)31(44)36-17-11-2)37-30(43)27-26-22(35(26,8)9)19-40(27)32(45)29(34(5,6)7)39-33(46)38-24(20(3)4)18-21-15-12-13-16-25(21)41/h11,20-24,26-27,29H,2,10,12-19H2,1,3-9H3,(H,36,44)(H,37,43)(H2,38,39,46)/t21?,22-,23?,24+,26-,27-,29+/m0/s1. The van der Waals surface area contributed by atoms with Gasteiger partial charge in [0.1, 0.15) is 17.9 Å². The lowest BCUT2D eigenvalue weighted by atomic mass is 9.81. The van der Waals surface area contributed by atoms with Crippen LogP contribution in [0.1, 0.15) is 100 Å². The highest BCUT2D eigenvalue weighted by Crippen LogP contribution is 2.65. The van der Waals surface area contributed by atoms with Crippen LogP contribution in [0.15, 0.2) is 12.7 Å². The fourth-order valence-electron chi connectivity index (χ4n) is 7.30. The van der Waals surface area contributed by atoms with Crippen molar-refractivity contribution in [3.8, 4) is 0 Å². The van der Waals surface area contributed by atoms with Crippen molar-refractivity contribution in [2.45, 2.75) is 125 Å². The molecule has 3 rings (SSSR count). The molecule has 3 fully saturated rings. The minimum Gasteiger partial charge on any atom is -0.346 e. The van der Waals surface area contributed by atoms with Gasteiger partial charge in [0.25, 0.3) is 5.91 Å². The van der Waals surface area contributed by atoms with E-state index in [1.165, 1.54) is 6.08 Å². The second kappa shape index (κ2) is 15.1. The molecule has 2 aliphatic carbocycles. The van der Waals surface area contributed by atoms with Crippen molar-refractivity contribution in [3.05, 3.63) is 12.7 Å². The number of amides is 5. The van der Waals surface area contributed by atoms with E-state index >= 15 is 0 Å². The number of hydrogen-bond donors (Lipinski definition) is 4. The third-order valence-electron chi connectivity index (χ3n) is 10.3. The molecule has 5 amide bonds. The van der Waals surface area contributed by atoms with E-state index in [0.717, 1.165) is 19.3 Å². The van der Waals surface area contributed by atoms with Crippen molar-refractivity contribution in [1.82, 2.24) is 26.2 Å². The van der Waals surface area contributed by atoms with E-state index < -0.39 is 47.2 Å². The second-order valence-corrected chi connectivity index (χ2v) is 15.5. The summed E-state index contributed by atoms with van der Waals surface area (Å²) in [4.78, 5) is 81.1. The van der Waals surface area contributed by atoms with Gasteiger partial charge >= 0.3 is 6.03 Å². The number of urea groups is 1. The van der Waals surface area contributed by atoms with Gasteiger partial charge in [0.2, 0.25) is 17.6 Å². The van der Waals surface area contributed by atoms with Crippen LogP contribution < -0.4 is 21.3 Å². The number of rotatable bonds is 14. The molecular weight excluding hydrogens is 586 g/mol. The fourth-order valence-corrected chi connectivity index (χ4v) is 7.30. The summed E-state index contributed by atoms with van der Waals surface area (Å²) in [6.07, 6.45) is 6.21. The van der Waals surface area contributed by atoms with Crippen LogP contribution in [0.3, 0.4) is 0 Å². The van der Waals surface area contributed by atoms with Crippen LogP contribution in [0.2, 0.25) is 0 Å². The fraction of sp³-hybridized carbons (Fsp3) is 0.771. The van der Waals surface area contributed by atoms with Crippen molar-refractivity contribution < 1.29 is 28.8 Å². The first-order chi connectivity index (χ1) is 21.4. The van der Waals surface area contributed by atoms with Crippen LogP contribution in [-0.2, 0) is 24.0 Å². The summed E-state index contributed by atoms with van der Waals surface area (Å²) >= 11 is 0. The van der Waals surface area contributed by atoms with Crippen LogP contribution in [0, 0.1) is 34.5 Å². The van der Waals surface area contributed by atoms with Gasteiger partial charge in [-0.1, -0.05) is 74.3 Å². The van der Waals surface area contributed by atoms with E-state index in [0.29, 0.717) is 25.8 Å². The highest BCUT2D eigenvalue weighted by molar-refractivity contribution is 6.38. The summed E-state index contributed by atoms with van der Waals surface area (Å²) in [5.74, 6) is -2.12. The smallest absolute Gasteiger partial charge is 0.315 e. The third kappa shape index (κ3) is 8.56. The van der Waals surface area contributed by atoms with Gasteiger partial charge in [-0.05, 0) is 54.3 Å². The van der Waals surface area contributed by atoms with E-state index in [9.17, 15) is 28.8 Å². The van der Waals surface area contributed by atoms with Gasteiger partial charge in [-0.3, -0.25) is 24.0 Å². The number of likely N-dealkylation sites (tertiary alicyclic amines) is 1. The number of carbonyl (C=O) groups excluding carboxylic acids is 6. The van der Waals surface area contributed by atoms with Gasteiger partial charge in [0.05, 0.1) is 6.04 Å². The summed E-state index contributed by atoms with van der Waals surface area (Å²) in [6, 6.07) is -3.53. The molecule has 1 saturated heterocycles. The lowest BCUT2D eigenvalue weighted by Gasteiger charge is -2.38. The van der Waals surface area contributed by atoms with E-state index in [1.807, 2.05) is 41.5 Å². The van der Waals surface area contributed by atoms with Crippen LogP contribution in [0.5, 0.6) is 0 Å². The molecular formula is C35H57N5O6. The molecule has 7 atom stereocenters. The topological polar surface area (TPSA) is 154 Å². The van der Waals surface area contributed by atoms with E-state index in [2.05, 4.69) is 41.7 Å². The average molecular weight is 644 g/mol. The maximum absolute atomic E-state index is 14.3. The number of hydrogen-bond acceptors (Lipinski definition) is 6. The predicted octanol–water partition coefficient (Wildman–Crippen LogP) is 3.51. The maximum atomic E-state index is 14.3. The minimum atomic E-state index is -1.02. The van der Waals surface area contributed by atoms with Crippen molar-refractivity contribution in [2.75, 3.05) is 13.1 Å². The van der Waals surface area contributed by atoms with Crippen molar-refractivity contribution in [1.29, 1.82) is 0 Å². The first-order valence-corrected chi connectivity index (χ1v) is 17.1. The summed E-state index contributed by atoms with van der Waals surface area (Å²) < 4.78 is 0. The molecule has 11 nitrogen and oxygen atoms in total. The van der Waals surface area contributed by atoms with Crippen LogP contribution >= 0.6 is 0 Å². The predicted molar refractivity (Wildman–Crippen MR) is 176 cm³/mol. The van der Waals surface area contributed by atoms with Gasteiger partial charge in [0.15, 0.2) is 0 Å². The molecule has 1 heterocycles. The molecule has 2 unspecified atom stereocenters. The molecule has 0 bridgehead atoms. The molecule has 4 N–H and O–H groups in total. The van der Waals surface area contributed by atoms with Crippen molar-refractivity contribution in [3.63, 3.8) is 0 Å². The number of ketones is 2. The Morgan fingerprint density at radius 1 is 1.07 bits per heavy atom. The molecule has 0 radical (unpaired) electrons. The summed E-state index contributed by atoms with van der Waals surface area (Å²) in [7, 11) is 0. The number of carbonyl (C=O) groups is 6. The molecule has 0 spiro atoms. The molecule has 46 heavy (non-hydrogen) atoms. The van der Waals surface area contributed by atoms with E-state index in [-0.39, 0.29) is 59.8 Å². The lowest BCUT2D eigenvalue weighted by Crippen LogP contribution is -2.62. The van der Waals surface area contributed by atoms with Crippen LogP contribution in [0.4, 0.5) is 4.79 Å². The minimum absolute atomic E-state index is 0.0723. The van der Waals surface area contributed by atoms with Crippen molar-refractivity contribution in [2.24, 2.45) is 34.5 Å². The Labute approximate surface area is 274 Å². The zero-order valence-corrected chi connectivity index (χ0v) is 29.2. The first kappa shape index (κ1) is 37.2. The Hall–Kier alpha value is -3.24. The van der Waals surface area contributed by atoms with Gasteiger partial charge < -0.3 is 26.2 Å². The van der Waals surface area contributed by atoms with Gasteiger partial charge in [-0.15, -0.1) is 6.58 Å². The van der Waals surface area contributed by atoms with Crippen molar-refractivity contribution >= 4 is 35.3 Å². The number of piperidine rings is 1. The molecule has 0 aromatic carbocycles. The lowest BCUT2D eigenvalue weighted by molar-refractivity contribution is -0.145. The Morgan fingerprint density at radius 2 is 1.74 bits per heavy atom. The monoisotopic (exact) mass is 643 g/mol. The quantitative estimate of drug-likeness (QED) is 0.168. The first-order valence-electron chi connectivity index (χ1n) is 17.1. The van der Waals surface area contributed by atoms with Crippen LogP contribution in [0.25, 0.3) is 0 Å². The van der Waals surface area contributed by atoms with E-state index in [4.69, 9.17) is 0 Å². The number of Topliss-reactive ketones (excluding diaryl/α,β-unsaturated/α-hetero) is 2. The van der Waals surface area contributed by atoms with Gasteiger partial charge in [-0.2, -0.15) is 0 Å². The largest absolute Gasteiger partial charge is 0.346 e. The Balaban J connectivity index is 1.78. The number of nitrogens with one attached hydrogen (secondary N) is 4. The SMILES string of the molecule is C=CCNC(=O)C(=O)C(CCC)NC(=O)[C@@H]1[C@@H]2[C@H](CN1C(=O)[C@@H](NC(=O)N[C@H](CC1CCCCC1=O)C(C)C)C(C)(C)C)C2(C)C. The molecule has 11 heteroatoms. The Kier molecular flexibility index (Phi) is 12.2. The molecule has 3 aliphatic rings. The summed E-state index contributed by atoms with van der Waals surface area (Å²) in [5, 5.41) is 11.2. The number of nitrogens with zero attached hydrogens (tertiary/aromatic N) is 1. The maximum Gasteiger partial charge on any atom is 0.315 e. The molecule has 2 saturated carbocycles. The van der Waals surface area contributed by atoms with Crippen LogP contribution in [-0.4, -0.2) is 77.5 Å². The zero-order valence-electron chi connectivity index (χ0n) is 29.2. The number of fused-ring (bicyclic) bond motifs is 1. The molecule has 258 valence electrons. The Morgan fingerprint density at radius 3 is 2.30 bits per heavy atom. The molecule has 0 aromatic heterocycles. The molecule has 1 aliphatic heterocycles. The highest BCUT2D eigenvalue weighted by Gasteiger charge is 2.70. The molecule has 0 aromatic rings. The Bertz CT molecular complexity index is 1190. The third-order valence-corrected chi connectivity index (χ3v) is 10.3. The summed E-state index contributed by atoms with van der Waals surface area (Å²) in [6.45, 7) is 19.6. The second-order valence-electron chi connectivity index (χ2n) is 15.5. The van der Waals surface area contributed by atoms with E-state index in [1.54, 1.807) is 4.90 Å². The average Bonchev–Trinajstić information content (AvgIpc) is 3.28. The highest BCUT2D eigenvalue weighted by atomic mass is 16.2. The zero-order chi connectivity index (χ0) is 34.6. The summed E-state index contributed by atoms with van der Waals surface area (Å²) in [5.41, 5.74) is -0.859. The van der Waals surface area contributed by atoms with Gasteiger partial charge in [-0.25, -0.2) is 4.79 Å². The normalized spacial score (nSPS) is 25.5.